The molecule has 4 heteroatoms. The summed E-state index contributed by atoms with van der Waals surface area (Å²) < 4.78 is 9.07. The van der Waals surface area contributed by atoms with Gasteiger partial charge in [0.2, 0.25) is 0 Å². The van der Waals surface area contributed by atoms with Crippen molar-refractivity contribution in [2.45, 2.75) is 20.0 Å². The van der Waals surface area contributed by atoms with E-state index in [0.717, 1.165) is 46.7 Å². The van der Waals surface area contributed by atoms with Crippen molar-refractivity contribution in [2.75, 3.05) is 18.0 Å². The second-order valence-electron chi connectivity index (χ2n) is 8.14. The Labute approximate surface area is 184 Å². The van der Waals surface area contributed by atoms with Gasteiger partial charge in [-0.1, -0.05) is 48.0 Å². The third kappa shape index (κ3) is 4.01. The molecule has 1 aromatic heterocycles. The third-order valence-electron chi connectivity index (χ3n) is 5.79. The molecule has 0 fully saturated rings. The lowest BCUT2D eigenvalue weighted by molar-refractivity contribution is 0.317. The average molecular weight is 406 g/mol. The molecular weight excluding hydrogens is 380 g/mol. The van der Waals surface area contributed by atoms with E-state index in [1.165, 1.54) is 5.56 Å². The number of rotatable bonds is 4. The Morgan fingerprint density at radius 3 is 2.77 bits per heavy atom. The highest BCUT2D eigenvalue weighted by Gasteiger charge is 2.27. The Hall–Kier alpha value is -3.68. The Kier molecular flexibility index (Phi) is 4.80. The first kappa shape index (κ1) is 18.1. The molecule has 0 spiro atoms. The number of pyridine rings is 1. The van der Waals surface area contributed by atoms with Crippen molar-refractivity contribution in [1.29, 1.82) is 5.26 Å². The van der Waals surface area contributed by atoms with Crippen molar-refractivity contribution in [3.8, 4) is 6.07 Å². The van der Waals surface area contributed by atoms with Crippen molar-refractivity contribution in [2.24, 2.45) is 0 Å². The summed E-state index contributed by atoms with van der Waals surface area (Å²) in [4.78, 5) is 8.98. The lowest BCUT2D eigenvalue weighted by Gasteiger charge is -2.35. The first-order chi connectivity index (χ1) is 15.6. The Balaban J connectivity index is 1.48. The molecule has 0 radical (unpaired) electrons. The second kappa shape index (κ2) is 8.22. The molecule has 0 aliphatic carbocycles. The number of anilines is 1. The van der Waals surface area contributed by atoms with Gasteiger partial charge in [0.15, 0.2) is 0 Å². The molecule has 0 N–H and O–H groups in total. The molecule has 0 saturated heterocycles. The summed E-state index contributed by atoms with van der Waals surface area (Å²) in [5.74, 6) is 0.850. The van der Waals surface area contributed by atoms with Crippen LogP contribution in [0.5, 0.6) is 0 Å². The normalized spacial score (nSPS) is 16.2. The van der Waals surface area contributed by atoms with Gasteiger partial charge in [0.05, 0.1) is 13.0 Å². The number of benzene rings is 2. The zero-order valence-corrected chi connectivity index (χ0v) is 17.5. The average Bonchev–Trinajstić information content (AvgIpc) is 2.83. The molecule has 152 valence electrons. The summed E-state index contributed by atoms with van der Waals surface area (Å²) in [6, 6.07) is 22.5. The van der Waals surface area contributed by atoms with Gasteiger partial charge in [0, 0.05) is 44.1 Å². The lowest BCUT2D eigenvalue weighted by Crippen LogP contribution is -2.33. The number of aryl methyl sites for hydroxylation is 1. The maximum absolute atomic E-state index is 9.20. The van der Waals surface area contributed by atoms with Crippen LogP contribution in [0.1, 0.15) is 29.2 Å². The van der Waals surface area contributed by atoms with Crippen LogP contribution in [0.4, 0.5) is 5.82 Å². The fourth-order valence-electron chi connectivity index (χ4n) is 4.23. The van der Waals surface area contributed by atoms with Crippen LogP contribution in [0.3, 0.4) is 0 Å². The van der Waals surface area contributed by atoms with Gasteiger partial charge in [-0.25, -0.2) is 4.98 Å². The van der Waals surface area contributed by atoms with E-state index in [1.54, 1.807) is 6.20 Å². The quantitative estimate of drug-likeness (QED) is 0.608. The van der Waals surface area contributed by atoms with Gasteiger partial charge in [0.25, 0.3) is 0 Å². The third-order valence-corrected chi connectivity index (χ3v) is 5.79. The molecule has 3 heterocycles. The van der Waals surface area contributed by atoms with Crippen LogP contribution in [0, 0.1) is 18.3 Å². The number of nitrogens with zero attached hydrogens (tertiary/aromatic N) is 4. The maximum Gasteiger partial charge on any atom is 0.140 e. The van der Waals surface area contributed by atoms with E-state index >= 15 is 0 Å². The molecule has 4 nitrogen and oxygen atoms in total. The fourth-order valence-corrected chi connectivity index (χ4v) is 4.23. The largest absolute Gasteiger partial charge is 0.328 e. The van der Waals surface area contributed by atoms with Crippen molar-refractivity contribution in [1.82, 2.24) is 9.88 Å². The van der Waals surface area contributed by atoms with Gasteiger partial charge in [0.1, 0.15) is 5.82 Å². The molecule has 5 rings (SSSR count). The van der Waals surface area contributed by atoms with E-state index in [-0.39, 0.29) is 0 Å². The van der Waals surface area contributed by atoms with Crippen molar-refractivity contribution < 1.29 is 1.37 Å². The summed E-state index contributed by atoms with van der Waals surface area (Å²) in [7, 11) is 0. The molecule has 0 unspecified atom stereocenters. The first-order valence-electron chi connectivity index (χ1n) is 11.0. The summed E-state index contributed by atoms with van der Waals surface area (Å²) in [5, 5.41) is 9.20. The molecule has 31 heavy (non-hydrogen) atoms. The standard InChI is InChI=1S/C27H24N4/c1-20-7-9-21(10-8-20)17-31-19-24-18-30(16-23-5-2-4-22(14-23)15-28)13-11-25(24)26-6-3-12-29-27(26)31/h2-12,14,19H,13,16-18H2,1H3/i19D. The SMILES string of the molecule is [2H]C1=C2CN(Cc3cccc(C#N)c3)CC=C2c2cccnc2N1Cc1ccc(C)cc1. The highest BCUT2D eigenvalue weighted by atomic mass is 15.2. The van der Waals surface area contributed by atoms with Crippen LogP contribution in [-0.4, -0.2) is 23.0 Å². The molecule has 2 aliphatic rings. The van der Waals surface area contributed by atoms with Crippen molar-refractivity contribution in [3.05, 3.63) is 113 Å². The topological polar surface area (TPSA) is 43.2 Å². The minimum atomic E-state index is 0.513. The summed E-state index contributed by atoms with van der Waals surface area (Å²) in [6.07, 6.45) is 4.53. The highest BCUT2D eigenvalue weighted by molar-refractivity contribution is 5.89. The van der Waals surface area contributed by atoms with E-state index in [2.05, 4.69) is 65.4 Å². The number of aromatic nitrogens is 1. The van der Waals surface area contributed by atoms with Gasteiger partial charge in [-0.05, 0) is 53.5 Å². The zero-order valence-electron chi connectivity index (χ0n) is 18.5. The Morgan fingerprint density at radius 1 is 1.06 bits per heavy atom. The molecule has 0 saturated carbocycles. The summed E-state index contributed by atoms with van der Waals surface area (Å²) >= 11 is 0. The number of nitriles is 1. The van der Waals surface area contributed by atoms with E-state index < -0.39 is 0 Å². The minimum Gasteiger partial charge on any atom is -0.328 e. The highest BCUT2D eigenvalue weighted by Crippen LogP contribution is 2.38. The molecule has 2 aromatic carbocycles. The van der Waals surface area contributed by atoms with Crippen LogP contribution in [0.25, 0.3) is 5.57 Å². The predicted octanol–water partition coefficient (Wildman–Crippen LogP) is 5.07. The van der Waals surface area contributed by atoms with Crippen LogP contribution in [0.2, 0.25) is 0 Å². The minimum absolute atomic E-state index is 0.513. The molecular formula is C27H24N4. The van der Waals surface area contributed by atoms with E-state index in [0.29, 0.717) is 24.8 Å². The van der Waals surface area contributed by atoms with Gasteiger partial charge >= 0.3 is 0 Å². The zero-order chi connectivity index (χ0) is 22.1. The van der Waals surface area contributed by atoms with Gasteiger partial charge in [-0.15, -0.1) is 0 Å². The molecule has 3 aromatic rings. The fraction of sp³-hybridized carbons (Fsp3) is 0.185. The lowest BCUT2D eigenvalue weighted by atomic mass is 9.92. The van der Waals surface area contributed by atoms with Gasteiger partial charge < -0.3 is 4.90 Å². The summed E-state index contributed by atoms with van der Waals surface area (Å²) in [5.41, 5.74) is 7.42. The van der Waals surface area contributed by atoms with Crippen LogP contribution in [0.15, 0.2) is 84.7 Å². The van der Waals surface area contributed by atoms with Crippen LogP contribution >= 0.6 is 0 Å². The molecule has 0 bridgehead atoms. The van der Waals surface area contributed by atoms with Crippen LogP contribution < -0.4 is 4.90 Å². The number of hydrogen-bond acceptors (Lipinski definition) is 4. The van der Waals surface area contributed by atoms with Crippen molar-refractivity contribution in [3.63, 3.8) is 0 Å². The first-order valence-corrected chi connectivity index (χ1v) is 10.5. The van der Waals surface area contributed by atoms with E-state index in [1.807, 2.05) is 29.2 Å². The van der Waals surface area contributed by atoms with E-state index in [9.17, 15) is 5.26 Å². The summed E-state index contributed by atoms with van der Waals surface area (Å²) in [6.45, 7) is 4.94. The monoisotopic (exact) mass is 405 g/mol. The van der Waals surface area contributed by atoms with Gasteiger partial charge in [-0.2, -0.15) is 5.26 Å². The van der Waals surface area contributed by atoms with Gasteiger partial charge in [-0.3, -0.25) is 4.90 Å². The molecule has 0 atom stereocenters. The molecule has 2 aliphatic heterocycles. The van der Waals surface area contributed by atoms with E-state index in [4.69, 9.17) is 1.37 Å². The number of hydrogen-bond donors (Lipinski definition) is 0. The second-order valence-corrected chi connectivity index (χ2v) is 8.14. The predicted molar refractivity (Wildman–Crippen MR) is 124 cm³/mol. The number of fused-ring (bicyclic) bond motifs is 3. The van der Waals surface area contributed by atoms with Crippen molar-refractivity contribution >= 4 is 11.4 Å². The Bertz CT molecular complexity index is 1270. The molecule has 0 amide bonds. The smallest absolute Gasteiger partial charge is 0.140 e. The maximum atomic E-state index is 9.20. The Morgan fingerprint density at radius 2 is 1.94 bits per heavy atom. The van der Waals surface area contributed by atoms with Crippen LogP contribution in [-0.2, 0) is 13.1 Å².